The van der Waals surface area contributed by atoms with Crippen LogP contribution in [-0.2, 0) is 14.3 Å². The summed E-state index contributed by atoms with van der Waals surface area (Å²) in [7, 11) is 2.98. The summed E-state index contributed by atoms with van der Waals surface area (Å²) in [5.41, 5.74) is 0.805. The van der Waals surface area contributed by atoms with Gasteiger partial charge in [-0.2, -0.15) is 0 Å². The van der Waals surface area contributed by atoms with E-state index in [4.69, 9.17) is 14.2 Å². The summed E-state index contributed by atoms with van der Waals surface area (Å²) in [5.74, 6) is -0.793. The standard InChI is InChI=1S/C21H20F3NO6/c1-13(20(27)25-15-6-9-16(10-7-15)31-21(22,23)24)30-19(26)11-5-14-4-8-17(28-2)12-18(14)29-3/h4-13H,1-3H3,(H,25,27)/b11-5+. The average Bonchev–Trinajstić information content (AvgIpc) is 2.72. The van der Waals surface area contributed by atoms with Crippen LogP contribution in [0.3, 0.4) is 0 Å². The molecule has 2 rings (SSSR count). The lowest BCUT2D eigenvalue weighted by Crippen LogP contribution is -2.29. The first-order chi connectivity index (χ1) is 14.6. The van der Waals surface area contributed by atoms with Gasteiger partial charge in [-0.3, -0.25) is 4.79 Å². The molecular formula is C21H20F3NO6. The number of alkyl halides is 3. The monoisotopic (exact) mass is 439 g/mol. The maximum Gasteiger partial charge on any atom is 0.573 e. The predicted molar refractivity (Wildman–Crippen MR) is 106 cm³/mol. The van der Waals surface area contributed by atoms with Crippen molar-refractivity contribution in [1.82, 2.24) is 0 Å². The maximum atomic E-state index is 12.2. The molecule has 1 unspecified atom stereocenters. The van der Waals surface area contributed by atoms with E-state index in [0.717, 1.165) is 18.2 Å². The third-order valence-electron chi connectivity index (χ3n) is 3.86. The van der Waals surface area contributed by atoms with Crippen LogP contribution in [0.25, 0.3) is 6.08 Å². The molecule has 0 aromatic heterocycles. The van der Waals surface area contributed by atoms with E-state index in [-0.39, 0.29) is 5.69 Å². The Hall–Kier alpha value is -3.69. The third kappa shape index (κ3) is 7.57. The highest BCUT2D eigenvalue weighted by molar-refractivity contribution is 5.96. The van der Waals surface area contributed by atoms with Gasteiger partial charge in [0.25, 0.3) is 5.91 Å². The van der Waals surface area contributed by atoms with Crippen LogP contribution in [0.2, 0.25) is 0 Å². The second kappa shape index (κ2) is 10.4. The van der Waals surface area contributed by atoms with Gasteiger partial charge in [0.05, 0.1) is 14.2 Å². The van der Waals surface area contributed by atoms with Crippen molar-refractivity contribution in [3.63, 3.8) is 0 Å². The number of rotatable bonds is 8. The summed E-state index contributed by atoms with van der Waals surface area (Å²) in [4.78, 5) is 24.2. The Morgan fingerprint density at radius 3 is 2.23 bits per heavy atom. The molecule has 0 bridgehead atoms. The highest BCUT2D eigenvalue weighted by Gasteiger charge is 2.31. The summed E-state index contributed by atoms with van der Waals surface area (Å²) in [6.45, 7) is 1.36. The van der Waals surface area contributed by atoms with Crippen LogP contribution >= 0.6 is 0 Å². The lowest BCUT2D eigenvalue weighted by atomic mass is 10.1. The van der Waals surface area contributed by atoms with E-state index in [2.05, 4.69) is 10.1 Å². The first kappa shape index (κ1) is 23.6. The first-order valence-electron chi connectivity index (χ1n) is 8.88. The maximum absolute atomic E-state index is 12.2. The van der Waals surface area contributed by atoms with E-state index in [1.54, 1.807) is 18.2 Å². The molecule has 2 aromatic carbocycles. The average molecular weight is 439 g/mol. The Bertz CT molecular complexity index is 941. The Morgan fingerprint density at radius 2 is 1.65 bits per heavy atom. The molecule has 0 fully saturated rings. The lowest BCUT2D eigenvalue weighted by molar-refractivity contribution is -0.274. The number of carbonyl (C=O) groups excluding carboxylic acids is 2. The van der Waals surface area contributed by atoms with Crippen molar-refractivity contribution >= 4 is 23.6 Å². The van der Waals surface area contributed by atoms with E-state index in [0.29, 0.717) is 17.1 Å². The normalized spacial score (nSPS) is 12.2. The quantitative estimate of drug-likeness (QED) is 0.491. The fourth-order valence-electron chi connectivity index (χ4n) is 2.36. The van der Waals surface area contributed by atoms with Crippen molar-refractivity contribution in [2.24, 2.45) is 0 Å². The molecular weight excluding hydrogens is 419 g/mol. The number of carbonyl (C=O) groups is 2. The zero-order chi connectivity index (χ0) is 23.0. The second-order valence-corrected chi connectivity index (χ2v) is 6.08. The van der Waals surface area contributed by atoms with Crippen molar-refractivity contribution in [2.75, 3.05) is 19.5 Å². The molecule has 7 nitrogen and oxygen atoms in total. The summed E-state index contributed by atoms with van der Waals surface area (Å²) in [6, 6.07) is 9.56. The minimum atomic E-state index is -4.81. The van der Waals surface area contributed by atoms with E-state index in [9.17, 15) is 22.8 Å². The Kier molecular flexibility index (Phi) is 7.89. The highest BCUT2D eigenvalue weighted by Crippen LogP contribution is 2.26. The number of benzene rings is 2. The molecule has 0 saturated heterocycles. The van der Waals surface area contributed by atoms with Crippen LogP contribution in [0.15, 0.2) is 48.5 Å². The molecule has 0 aliphatic rings. The van der Waals surface area contributed by atoms with Crippen molar-refractivity contribution in [3.8, 4) is 17.2 Å². The molecule has 31 heavy (non-hydrogen) atoms. The van der Waals surface area contributed by atoms with Gasteiger partial charge < -0.3 is 24.3 Å². The minimum absolute atomic E-state index is 0.209. The van der Waals surface area contributed by atoms with Crippen molar-refractivity contribution < 1.29 is 41.7 Å². The van der Waals surface area contributed by atoms with Crippen LogP contribution in [0.4, 0.5) is 18.9 Å². The number of hydrogen-bond donors (Lipinski definition) is 1. The molecule has 1 amide bonds. The van der Waals surface area contributed by atoms with Crippen molar-refractivity contribution in [1.29, 1.82) is 0 Å². The van der Waals surface area contributed by atoms with E-state index >= 15 is 0 Å². The zero-order valence-electron chi connectivity index (χ0n) is 16.9. The number of hydrogen-bond acceptors (Lipinski definition) is 6. The van der Waals surface area contributed by atoms with Crippen molar-refractivity contribution in [2.45, 2.75) is 19.4 Å². The molecule has 0 saturated carbocycles. The van der Waals surface area contributed by atoms with Gasteiger partial charge in [0.15, 0.2) is 6.10 Å². The fourth-order valence-corrected chi connectivity index (χ4v) is 2.36. The van der Waals surface area contributed by atoms with Crippen LogP contribution in [0, 0.1) is 0 Å². The van der Waals surface area contributed by atoms with Gasteiger partial charge in [-0.15, -0.1) is 13.2 Å². The van der Waals surface area contributed by atoms with Crippen LogP contribution in [-0.4, -0.2) is 38.6 Å². The fraction of sp³-hybridized carbons (Fsp3) is 0.238. The van der Waals surface area contributed by atoms with Gasteiger partial charge in [0, 0.05) is 23.4 Å². The van der Waals surface area contributed by atoms with Crippen LogP contribution < -0.4 is 19.5 Å². The van der Waals surface area contributed by atoms with E-state index in [1.165, 1.54) is 39.4 Å². The largest absolute Gasteiger partial charge is 0.573 e. The van der Waals surface area contributed by atoms with Gasteiger partial charge in [-0.05, 0) is 49.4 Å². The van der Waals surface area contributed by atoms with Crippen LogP contribution in [0.5, 0.6) is 17.2 Å². The number of ether oxygens (including phenoxy) is 4. The minimum Gasteiger partial charge on any atom is -0.497 e. The Morgan fingerprint density at radius 1 is 1.00 bits per heavy atom. The van der Waals surface area contributed by atoms with E-state index < -0.39 is 30.1 Å². The molecule has 1 N–H and O–H groups in total. The SMILES string of the molecule is COc1ccc(/C=C/C(=O)OC(C)C(=O)Nc2ccc(OC(F)(F)F)cc2)c(OC)c1. The molecule has 0 spiro atoms. The summed E-state index contributed by atoms with van der Waals surface area (Å²) in [5, 5.41) is 2.43. The number of nitrogens with one attached hydrogen (secondary N) is 1. The smallest absolute Gasteiger partial charge is 0.497 e. The number of amides is 1. The Labute approximate surface area is 176 Å². The second-order valence-electron chi connectivity index (χ2n) is 6.08. The molecule has 0 aliphatic carbocycles. The topological polar surface area (TPSA) is 83.1 Å². The molecule has 166 valence electrons. The molecule has 1 atom stereocenters. The molecule has 0 heterocycles. The molecule has 0 radical (unpaired) electrons. The van der Waals surface area contributed by atoms with Gasteiger partial charge in [-0.25, -0.2) is 4.79 Å². The number of halogens is 3. The van der Waals surface area contributed by atoms with Crippen LogP contribution in [0.1, 0.15) is 12.5 Å². The third-order valence-corrected chi connectivity index (χ3v) is 3.86. The lowest BCUT2D eigenvalue weighted by Gasteiger charge is -2.13. The molecule has 0 aliphatic heterocycles. The van der Waals surface area contributed by atoms with Gasteiger partial charge >= 0.3 is 12.3 Å². The number of methoxy groups -OCH3 is 2. The summed E-state index contributed by atoms with van der Waals surface area (Å²) >= 11 is 0. The summed E-state index contributed by atoms with van der Waals surface area (Å²) < 4.78 is 55.6. The van der Waals surface area contributed by atoms with E-state index in [1.807, 2.05) is 0 Å². The van der Waals surface area contributed by atoms with Gasteiger partial charge in [0.1, 0.15) is 17.2 Å². The predicted octanol–water partition coefficient (Wildman–Crippen LogP) is 4.19. The van der Waals surface area contributed by atoms with Gasteiger partial charge in [-0.1, -0.05) is 0 Å². The zero-order valence-corrected chi connectivity index (χ0v) is 16.9. The number of esters is 1. The molecule has 2 aromatic rings. The first-order valence-corrected chi connectivity index (χ1v) is 8.88. The highest BCUT2D eigenvalue weighted by atomic mass is 19.4. The molecule has 10 heteroatoms. The summed E-state index contributed by atoms with van der Waals surface area (Å²) in [6.07, 6.45) is -3.36. The Balaban J connectivity index is 1.92. The van der Waals surface area contributed by atoms with Crippen molar-refractivity contribution in [3.05, 3.63) is 54.1 Å². The number of anilines is 1. The van der Waals surface area contributed by atoms with Gasteiger partial charge in [0.2, 0.25) is 0 Å².